The summed E-state index contributed by atoms with van der Waals surface area (Å²) in [5.41, 5.74) is 2.35. The fraction of sp³-hybridized carbons (Fsp3) is 0.385. The maximum absolute atomic E-state index is 6.11. The molecule has 0 saturated carbocycles. The van der Waals surface area contributed by atoms with E-state index in [0.717, 1.165) is 42.9 Å². The third-order valence-corrected chi connectivity index (χ3v) is 5.96. The highest BCUT2D eigenvalue weighted by Gasteiger charge is 2.38. The first-order valence-electron chi connectivity index (χ1n) is 10.9. The molecule has 0 bridgehead atoms. The highest BCUT2D eigenvalue weighted by Crippen LogP contribution is 2.37. The van der Waals surface area contributed by atoms with E-state index < -0.39 is 5.79 Å². The quantitative estimate of drug-likeness (QED) is 0.588. The standard InChI is InChI=1S/C26H31NO4/c1-28-24-11-7-21(8-12-24)20-23-6-3-4-16-27(23)17-5-15-26(30-18-19-31-26)22-9-13-25(29-2)14-10-22/h3-4,6-14,16,23H,5,15,17-20H2,1-2H3. The van der Waals surface area contributed by atoms with Gasteiger partial charge in [-0.3, -0.25) is 0 Å². The molecular weight excluding hydrogens is 390 g/mol. The Labute approximate surface area is 184 Å². The molecule has 5 nitrogen and oxygen atoms in total. The van der Waals surface area contributed by atoms with E-state index in [0.29, 0.717) is 19.3 Å². The second-order valence-corrected chi connectivity index (χ2v) is 7.87. The van der Waals surface area contributed by atoms with Crippen molar-refractivity contribution >= 4 is 0 Å². The summed E-state index contributed by atoms with van der Waals surface area (Å²) in [5, 5.41) is 0. The zero-order valence-electron chi connectivity index (χ0n) is 18.3. The predicted molar refractivity (Wildman–Crippen MR) is 121 cm³/mol. The lowest BCUT2D eigenvalue weighted by molar-refractivity contribution is -0.172. The van der Waals surface area contributed by atoms with Crippen LogP contribution < -0.4 is 9.47 Å². The molecular formula is C26H31NO4. The fourth-order valence-corrected chi connectivity index (χ4v) is 4.25. The van der Waals surface area contributed by atoms with Gasteiger partial charge in [0.25, 0.3) is 0 Å². The van der Waals surface area contributed by atoms with Gasteiger partial charge in [-0.1, -0.05) is 24.3 Å². The number of allylic oxidation sites excluding steroid dienone is 2. The van der Waals surface area contributed by atoms with Gasteiger partial charge in [-0.05, 0) is 67.1 Å². The van der Waals surface area contributed by atoms with E-state index in [1.807, 2.05) is 36.4 Å². The van der Waals surface area contributed by atoms with Crippen LogP contribution in [0.2, 0.25) is 0 Å². The summed E-state index contributed by atoms with van der Waals surface area (Å²) in [6.07, 6.45) is 11.4. The number of hydrogen-bond acceptors (Lipinski definition) is 5. The van der Waals surface area contributed by atoms with Crippen molar-refractivity contribution < 1.29 is 18.9 Å². The second kappa shape index (κ2) is 10.0. The van der Waals surface area contributed by atoms with E-state index >= 15 is 0 Å². The Hall–Kier alpha value is -2.76. The van der Waals surface area contributed by atoms with Gasteiger partial charge in [-0.15, -0.1) is 0 Å². The molecule has 164 valence electrons. The van der Waals surface area contributed by atoms with Crippen LogP contribution in [0.15, 0.2) is 73.0 Å². The van der Waals surface area contributed by atoms with Gasteiger partial charge in [-0.2, -0.15) is 0 Å². The molecule has 0 aromatic heterocycles. The summed E-state index contributed by atoms with van der Waals surface area (Å²) < 4.78 is 22.8. The SMILES string of the molecule is COc1ccc(CC2C=CC=CN2CCCC2(c3ccc(OC)cc3)OCCO2)cc1. The van der Waals surface area contributed by atoms with E-state index in [2.05, 4.69) is 41.5 Å². The van der Waals surface area contributed by atoms with Crippen molar-refractivity contribution in [2.75, 3.05) is 34.0 Å². The minimum absolute atomic E-state index is 0.334. The number of nitrogens with zero attached hydrogens (tertiary/aromatic N) is 1. The lowest BCUT2D eigenvalue weighted by Gasteiger charge is -2.33. The third-order valence-electron chi connectivity index (χ3n) is 5.96. The van der Waals surface area contributed by atoms with E-state index in [1.54, 1.807) is 14.2 Å². The molecule has 2 aliphatic heterocycles. The fourth-order valence-electron chi connectivity index (χ4n) is 4.25. The van der Waals surface area contributed by atoms with Crippen LogP contribution >= 0.6 is 0 Å². The average Bonchev–Trinajstić information content (AvgIpc) is 3.31. The molecule has 31 heavy (non-hydrogen) atoms. The average molecular weight is 422 g/mol. The first-order chi connectivity index (χ1) is 15.2. The Morgan fingerprint density at radius 1 is 0.903 bits per heavy atom. The van der Waals surface area contributed by atoms with Crippen molar-refractivity contribution in [1.29, 1.82) is 0 Å². The van der Waals surface area contributed by atoms with Crippen LogP contribution in [0.25, 0.3) is 0 Å². The van der Waals surface area contributed by atoms with E-state index in [9.17, 15) is 0 Å². The van der Waals surface area contributed by atoms with Crippen LogP contribution in [0, 0.1) is 0 Å². The van der Waals surface area contributed by atoms with Gasteiger partial charge >= 0.3 is 0 Å². The summed E-state index contributed by atoms with van der Waals surface area (Å²) in [6, 6.07) is 16.7. The van der Waals surface area contributed by atoms with Gasteiger partial charge in [0.05, 0.1) is 33.5 Å². The van der Waals surface area contributed by atoms with Crippen molar-refractivity contribution in [3.63, 3.8) is 0 Å². The normalized spacial score (nSPS) is 19.5. The number of rotatable bonds is 9. The molecule has 2 heterocycles. The molecule has 2 aromatic carbocycles. The number of ether oxygens (including phenoxy) is 4. The monoisotopic (exact) mass is 421 g/mol. The lowest BCUT2D eigenvalue weighted by atomic mass is 9.99. The number of benzene rings is 2. The first kappa shape index (κ1) is 21.5. The molecule has 4 rings (SSSR count). The lowest BCUT2D eigenvalue weighted by Crippen LogP contribution is -2.35. The molecule has 1 saturated heterocycles. The van der Waals surface area contributed by atoms with E-state index in [-0.39, 0.29) is 0 Å². The second-order valence-electron chi connectivity index (χ2n) is 7.87. The molecule has 0 radical (unpaired) electrons. The maximum Gasteiger partial charge on any atom is 0.195 e. The maximum atomic E-state index is 6.11. The Bertz CT molecular complexity index is 883. The molecule has 0 N–H and O–H groups in total. The largest absolute Gasteiger partial charge is 0.497 e. The van der Waals surface area contributed by atoms with Crippen molar-refractivity contribution in [1.82, 2.24) is 4.90 Å². The third kappa shape index (κ3) is 5.12. The highest BCUT2D eigenvalue weighted by molar-refractivity contribution is 5.31. The molecule has 0 spiro atoms. The van der Waals surface area contributed by atoms with Gasteiger partial charge in [0, 0.05) is 18.5 Å². The number of hydrogen-bond donors (Lipinski definition) is 0. The molecule has 5 heteroatoms. The summed E-state index contributed by atoms with van der Waals surface area (Å²) in [5.74, 6) is 1.07. The van der Waals surface area contributed by atoms with Crippen LogP contribution in [0.4, 0.5) is 0 Å². The topological polar surface area (TPSA) is 40.2 Å². The highest BCUT2D eigenvalue weighted by atomic mass is 16.7. The Balaban J connectivity index is 1.37. The minimum Gasteiger partial charge on any atom is -0.497 e. The molecule has 1 unspecified atom stereocenters. The van der Waals surface area contributed by atoms with Gasteiger partial charge in [0.15, 0.2) is 5.79 Å². The van der Waals surface area contributed by atoms with Crippen molar-refractivity contribution in [2.45, 2.75) is 31.1 Å². The van der Waals surface area contributed by atoms with Gasteiger partial charge in [0.1, 0.15) is 11.5 Å². The van der Waals surface area contributed by atoms with Crippen molar-refractivity contribution in [3.05, 3.63) is 84.1 Å². The van der Waals surface area contributed by atoms with Crippen LogP contribution in [-0.2, 0) is 21.7 Å². The van der Waals surface area contributed by atoms with Crippen molar-refractivity contribution in [3.8, 4) is 11.5 Å². The Morgan fingerprint density at radius 3 is 2.19 bits per heavy atom. The predicted octanol–water partition coefficient (Wildman–Crippen LogP) is 4.68. The zero-order valence-corrected chi connectivity index (χ0v) is 18.3. The van der Waals surface area contributed by atoms with Gasteiger partial charge in [-0.25, -0.2) is 0 Å². The smallest absolute Gasteiger partial charge is 0.195 e. The van der Waals surface area contributed by atoms with Gasteiger partial charge < -0.3 is 23.8 Å². The Kier molecular flexibility index (Phi) is 6.95. The molecule has 2 aromatic rings. The first-order valence-corrected chi connectivity index (χ1v) is 10.9. The van der Waals surface area contributed by atoms with Crippen LogP contribution in [-0.4, -0.2) is 44.9 Å². The summed E-state index contributed by atoms with van der Waals surface area (Å²) in [7, 11) is 3.37. The van der Waals surface area contributed by atoms with Gasteiger partial charge in [0.2, 0.25) is 0 Å². The molecule has 0 amide bonds. The molecule has 2 aliphatic rings. The van der Waals surface area contributed by atoms with Crippen molar-refractivity contribution in [2.24, 2.45) is 0 Å². The minimum atomic E-state index is -0.660. The Morgan fingerprint density at radius 2 is 1.55 bits per heavy atom. The summed E-state index contributed by atoms with van der Waals surface area (Å²) in [6.45, 7) is 2.18. The number of methoxy groups -OCH3 is 2. The summed E-state index contributed by atoms with van der Waals surface area (Å²) >= 11 is 0. The van der Waals surface area contributed by atoms with Crippen LogP contribution in [0.3, 0.4) is 0 Å². The van der Waals surface area contributed by atoms with Crippen LogP contribution in [0.1, 0.15) is 24.0 Å². The summed E-state index contributed by atoms with van der Waals surface area (Å²) in [4.78, 5) is 2.40. The molecule has 0 aliphatic carbocycles. The molecule has 1 atom stereocenters. The molecule has 1 fully saturated rings. The van der Waals surface area contributed by atoms with E-state index in [4.69, 9.17) is 18.9 Å². The zero-order chi connectivity index (χ0) is 21.5. The van der Waals surface area contributed by atoms with E-state index in [1.165, 1.54) is 5.56 Å². The van der Waals surface area contributed by atoms with Crippen LogP contribution in [0.5, 0.6) is 11.5 Å².